The van der Waals surface area contributed by atoms with Crippen LogP contribution >= 0.6 is 23.2 Å². The Balaban J connectivity index is 2.23. The van der Waals surface area contributed by atoms with Crippen molar-refractivity contribution in [3.05, 3.63) is 22.8 Å². The van der Waals surface area contributed by atoms with Crippen molar-refractivity contribution in [2.75, 3.05) is 11.4 Å². The van der Waals surface area contributed by atoms with Crippen molar-refractivity contribution >= 4 is 29.0 Å². The van der Waals surface area contributed by atoms with Crippen LogP contribution < -0.4 is 4.90 Å². The van der Waals surface area contributed by atoms with E-state index in [4.69, 9.17) is 23.2 Å². The van der Waals surface area contributed by atoms with Gasteiger partial charge < -0.3 is 4.90 Å². The van der Waals surface area contributed by atoms with E-state index in [-0.39, 0.29) is 0 Å². The van der Waals surface area contributed by atoms with E-state index in [0.717, 1.165) is 22.9 Å². The zero-order chi connectivity index (χ0) is 12.3. The van der Waals surface area contributed by atoms with Crippen LogP contribution in [0.2, 0.25) is 5.02 Å². The number of rotatable bonds is 4. The number of hydrogen-bond acceptors (Lipinski definition) is 2. The molecule has 94 valence electrons. The van der Waals surface area contributed by atoms with E-state index in [1.165, 1.54) is 25.7 Å². The zero-order valence-electron chi connectivity index (χ0n) is 10.1. The van der Waals surface area contributed by atoms with Gasteiger partial charge in [-0.25, -0.2) is 4.98 Å². The SMILES string of the molecule is CCN(c1ncc(CCl)cc1Cl)C1CCCC1. The molecule has 17 heavy (non-hydrogen) atoms. The standard InChI is InChI=1S/C13H18Cl2N2/c1-2-17(11-5-3-4-6-11)13-12(15)7-10(8-14)9-16-13/h7,9,11H,2-6,8H2,1H3. The number of pyridine rings is 1. The van der Waals surface area contributed by atoms with E-state index >= 15 is 0 Å². The van der Waals surface area contributed by atoms with E-state index in [0.29, 0.717) is 11.9 Å². The first-order valence-electron chi connectivity index (χ1n) is 6.23. The minimum absolute atomic E-state index is 0.461. The van der Waals surface area contributed by atoms with Crippen LogP contribution in [-0.2, 0) is 5.88 Å². The average molecular weight is 273 g/mol. The van der Waals surface area contributed by atoms with Gasteiger partial charge in [-0.2, -0.15) is 0 Å². The molecule has 1 fully saturated rings. The molecular formula is C13H18Cl2N2. The van der Waals surface area contributed by atoms with Crippen molar-refractivity contribution in [2.24, 2.45) is 0 Å². The number of alkyl halides is 1. The summed E-state index contributed by atoms with van der Waals surface area (Å²) >= 11 is 12.1. The van der Waals surface area contributed by atoms with Gasteiger partial charge in [-0.05, 0) is 31.4 Å². The molecule has 0 amide bonds. The average Bonchev–Trinajstić information content (AvgIpc) is 2.85. The molecule has 0 bridgehead atoms. The number of anilines is 1. The molecule has 0 radical (unpaired) electrons. The predicted octanol–water partition coefficient (Wildman–Crippen LogP) is 4.24. The Morgan fingerprint density at radius 1 is 1.41 bits per heavy atom. The molecule has 1 saturated carbocycles. The molecule has 1 aromatic heterocycles. The molecule has 1 heterocycles. The maximum Gasteiger partial charge on any atom is 0.147 e. The summed E-state index contributed by atoms with van der Waals surface area (Å²) in [7, 11) is 0. The summed E-state index contributed by atoms with van der Waals surface area (Å²) in [4.78, 5) is 6.80. The fraction of sp³-hybridized carbons (Fsp3) is 0.615. The Kier molecular flexibility index (Phi) is 4.52. The van der Waals surface area contributed by atoms with Crippen molar-refractivity contribution in [3.63, 3.8) is 0 Å². The highest BCUT2D eigenvalue weighted by atomic mass is 35.5. The summed E-state index contributed by atoms with van der Waals surface area (Å²) < 4.78 is 0. The lowest BCUT2D eigenvalue weighted by atomic mass is 10.2. The largest absolute Gasteiger partial charge is 0.353 e. The van der Waals surface area contributed by atoms with E-state index in [1.807, 2.05) is 12.3 Å². The Hall–Kier alpha value is -0.470. The summed E-state index contributed by atoms with van der Waals surface area (Å²) in [5, 5.41) is 0.719. The highest BCUT2D eigenvalue weighted by Gasteiger charge is 2.24. The highest BCUT2D eigenvalue weighted by Crippen LogP contribution is 2.31. The second-order valence-electron chi connectivity index (χ2n) is 4.51. The Labute approximate surface area is 113 Å². The maximum atomic E-state index is 6.30. The molecule has 0 aromatic carbocycles. The third-order valence-corrected chi connectivity index (χ3v) is 4.00. The van der Waals surface area contributed by atoms with E-state index < -0.39 is 0 Å². The lowest BCUT2D eigenvalue weighted by Gasteiger charge is -2.29. The smallest absolute Gasteiger partial charge is 0.147 e. The Morgan fingerprint density at radius 2 is 2.12 bits per heavy atom. The fourth-order valence-corrected chi connectivity index (χ4v) is 3.00. The molecule has 2 nitrogen and oxygen atoms in total. The van der Waals surface area contributed by atoms with Gasteiger partial charge in [0.25, 0.3) is 0 Å². The van der Waals surface area contributed by atoms with Crippen molar-refractivity contribution in [2.45, 2.75) is 44.5 Å². The van der Waals surface area contributed by atoms with E-state index in [9.17, 15) is 0 Å². The quantitative estimate of drug-likeness (QED) is 0.763. The van der Waals surface area contributed by atoms with Crippen molar-refractivity contribution in [1.82, 2.24) is 4.98 Å². The second-order valence-corrected chi connectivity index (χ2v) is 5.18. The maximum absolute atomic E-state index is 6.30. The van der Waals surface area contributed by atoms with Crippen LogP contribution in [0.4, 0.5) is 5.82 Å². The molecule has 1 aromatic rings. The molecular weight excluding hydrogens is 255 g/mol. The predicted molar refractivity (Wildman–Crippen MR) is 74.1 cm³/mol. The fourth-order valence-electron chi connectivity index (χ4n) is 2.55. The third kappa shape index (κ3) is 2.86. The lowest BCUT2D eigenvalue weighted by Crippen LogP contribution is -2.33. The minimum Gasteiger partial charge on any atom is -0.353 e. The first kappa shape index (κ1) is 13.0. The molecule has 4 heteroatoms. The number of hydrogen-bond donors (Lipinski definition) is 0. The molecule has 0 unspecified atom stereocenters. The van der Waals surface area contributed by atoms with Gasteiger partial charge in [0, 0.05) is 24.7 Å². The molecule has 0 aliphatic heterocycles. The first-order chi connectivity index (χ1) is 8.26. The van der Waals surface area contributed by atoms with Crippen LogP contribution in [-0.4, -0.2) is 17.6 Å². The van der Waals surface area contributed by atoms with Gasteiger partial charge in [-0.3, -0.25) is 0 Å². The summed E-state index contributed by atoms with van der Waals surface area (Å²) in [6.07, 6.45) is 6.97. The van der Waals surface area contributed by atoms with E-state index in [2.05, 4.69) is 16.8 Å². The van der Waals surface area contributed by atoms with Gasteiger partial charge in [-0.15, -0.1) is 11.6 Å². The van der Waals surface area contributed by atoms with Crippen LogP contribution in [0, 0.1) is 0 Å². The monoisotopic (exact) mass is 272 g/mol. The van der Waals surface area contributed by atoms with Crippen LogP contribution in [0.25, 0.3) is 0 Å². The summed E-state index contributed by atoms with van der Waals surface area (Å²) in [5.41, 5.74) is 0.975. The molecule has 0 spiro atoms. The number of nitrogens with zero attached hydrogens (tertiary/aromatic N) is 2. The normalized spacial score (nSPS) is 16.4. The third-order valence-electron chi connectivity index (χ3n) is 3.41. The molecule has 1 aliphatic rings. The van der Waals surface area contributed by atoms with Crippen LogP contribution in [0.1, 0.15) is 38.2 Å². The highest BCUT2D eigenvalue weighted by molar-refractivity contribution is 6.33. The second kappa shape index (κ2) is 5.92. The van der Waals surface area contributed by atoms with Gasteiger partial charge in [-0.1, -0.05) is 24.4 Å². The lowest BCUT2D eigenvalue weighted by molar-refractivity contribution is 0.613. The van der Waals surface area contributed by atoms with Gasteiger partial charge in [0.1, 0.15) is 5.82 Å². The summed E-state index contributed by atoms with van der Waals surface area (Å²) in [5.74, 6) is 1.37. The van der Waals surface area contributed by atoms with Gasteiger partial charge in [0.2, 0.25) is 0 Å². The number of halogens is 2. The van der Waals surface area contributed by atoms with Crippen molar-refractivity contribution in [1.29, 1.82) is 0 Å². The summed E-state index contributed by atoms with van der Waals surface area (Å²) in [6, 6.07) is 2.53. The van der Waals surface area contributed by atoms with Crippen molar-refractivity contribution < 1.29 is 0 Å². The van der Waals surface area contributed by atoms with Crippen LogP contribution in [0.15, 0.2) is 12.3 Å². The van der Waals surface area contributed by atoms with Gasteiger partial charge in [0.05, 0.1) is 5.02 Å². The van der Waals surface area contributed by atoms with Gasteiger partial charge in [0.15, 0.2) is 0 Å². The Morgan fingerprint density at radius 3 is 2.65 bits per heavy atom. The van der Waals surface area contributed by atoms with Crippen molar-refractivity contribution in [3.8, 4) is 0 Å². The Bertz CT molecular complexity index is 376. The molecule has 0 atom stereocenters. The molecule has 0 saturated heterocycles. The van der Waals surface area contributed by atoms with E-state index in [1.54, 1.807) is 0 Å². The zero-order valence-corrected chi connectivity index (χ0v) is 11.6. The first-order valence-corrected chi connectivity index (χ1v) is 7.14. The molecule has 2 rings (SSSR count). The van der Waals surface area contributed by atoms with Crippen LogP contribution in [0.5, 0.6) is 0 Å². The van der Waals surface area contributed by atoms with Gasteiger partial charge >= 0.3 is 0 Å². The minimum atomic E-state index is 0.461. The summed E-state index contributed by atoms with van der Waals surface area (Å²) in [6.45, 7) is 3.11. The molecule has 0 N–H and O–H groups in total. The topological polar surface area (TPSA) is 16.1 Å². The van der Waals surface area contributed by atoms with Crippen LogP contribution in [0.3, 0.4) is 0 Å². The number of aromatic nitrogens is 1. The molecule has 1 aliphatic carbocycles.